The fourth-order valence-corrected chi connectivity index (χ4v) is 4.46. The maximum Gasteiger partial charge on any atom is 0.680 e. The normalized spacial score (nSPS) is 20.6. The molecule has 128 valence electrons. The zero-order chi connectivity index (χ0) is 16.5. The molecule has 4 atom stereocenters. The van der Waals surface area contributed by atoms with Gasteiger partial charge >= 0.3 is 9.05 Å². The summed E-state index contributed by atoms with van der Waals surface area (Å²) >= 11 is 0. The van der Waals surface area contributed by atoms with E-state index in [-0.39, 0.29) is 24.4 Å². The van der Waals surface area contributed by atoms with Gasteiger partial charge in [-0.1, -0.05) is 27.7 Å². The molecule has 0 aromatic rings. The van der Waals surface area contributed by atoms with Crippen LogP contribution in [0.3, 0.4) is 0 Å². The second-order valence-electron chi connectivity index (χ2n) is 5.85. The Morgan fingerprint density at radius 2 is 0.714 bits per heavy atom. The molecule has 0 aromatic heterocycles. The van der Waals surface area contributed by atoms with Crippen molar-refractivity contribution in [1.29, 1.82) is 0 Å². The van der Waals surface area contributed by atoms with Crippen LogP contribution < -0.4 is 0 Å². The highest BCUT2D eigenvalue weighted by atomic mass is 28.4. The van der Waals surface area contributed by atoms with Crippen LogP contribution in [0, 0.1) is 0 Å². The topological polar surface area (TPSA) is 36.9 Å². The molecule has 0 N–H and O–H groups in total. The van der Waals surface area contributed by atoms with Crippen LogP contribution in [-0.2, 0) is 17.7 Å². The van der Waals surface area contributed by atoms with Crippen molar-refractivity contribution >= 4 is 9.05 Å². The Kier molecular flexibility index (Phi) is 10.8. The fraction of sp³-hybridized carbons (Fsp3) is 1.00. The fourth-order valence-electron chi connectivity index (χ4n) is 1.49. The summed E-state index contributed by atoms with van der Waals surface area (Å²) in [5.41, 5.74) is 0. The van der Waals surface area contributed by atoms with Gasteiger partial charge in [-0.25, -0.2) is 0 Å². The van der Waals surface area contributed by atoms with E-state index >= 15 is 0 Å². The molecule has 0 heterocycles. The Morgan fingerprint density at radius 1 is 0.524 bits per heavy atom. The van der Waals surface area contributed by atoms with Crippen LogP contribution in [0.15, 0.2) is 0 Å². The van der Waals surface area contributed by atoms with E-state index in [4.69, 9.17) is 17.7 Å². The van der Waals surface area contributed by atoms with Crippen LogP contribution in [0.1, 0.15) is 81.1 Å². The smallest absolute Gasteiger partial charge is 0.348 e. The van der Waals surface area contributed by atoms with Crippen molar-refractivity contribution in [2.24, 2.45) is 0 Å². The number of hydrogen-bond acceptors (Lipinski definition) is 4. The molecule has 0 rings (SSSR count). The molecule has 4 unspecified atom stereocenters. The van der Waals surface area contributed by atoms with Crippen molar-refractivity contribution in [3.63, 3.8) is 0 Å². The molecule has 0 spiro atoms. The van der Waals surface area contributed by atoms with Crippen molar-refractivity contribution < 1.29 is 17.7 Å². The van der Waals surface area contributed by atoms with Crippen LogP contribution in [0.5, 0.6) is 0 Å². The zero-order valence-corrected chi connectivity index (χ0v) is 16.3. The van der Waals surface area contributed by atoms with E-state index in [1.165, 1.54) is 0 Å². The van der Waals surface area contributed by atoms with Gasteiger partial charge in [0.15, 0.2) is 0 Å². The van der Waals surface area contributed by atoms with E-state index in [0.29, 0.717) is 0 Å². The molecule has 0 aliphatic rings. The first kappa shape index (κ1) is 21.1. The van der Waals surface area contributed by atoms with Gasteiger partial charge in [-0.15, -0.1) is 0 Å². The molecular weight excluding hydrogens is 284 g/mol. The number of hydrogen-bond donors (Lipinski definition) is 0. The lowest BCUT2D eigenvalue weighted by Crippen LogP contribution is -2.55. The largest absolute Gasteiger partial charge is 0.680 e. The van der Waals surface area contributed by atoms with Crippen molar-refractivity contribution in [1.82, 2.24) is 0 Å². The summed E-state index contributed by atoms with van der Waals surface area (Å²) in [5, 5.41) is 0. The zero-order valence-electron chi connectivity index (χ0n) is 15.3. The predicted octanol–water partition coefficient (Wildman–Crippen LogP) is 4.68. The number of rotatable bonds is 12. The third-order valence-electron chi connectivity index (χ3n) is 3.68. The summed E-state index contributed by atoms with van der Waals surface area (Å²) in [5.74, 6) is 0. The SMILES string of the molecule is CCC(C)O[Si](OC(C)CC)(OC(C)CC)OC(C)CC. The second-order valence-corrected chi connectivity index (χ2v) is 7.79. The molecule has 0 aromatic carbocycles. The van der Waals surface area contributed by atoms with Gasteiger partial charge < -0.3 is 17.7 Å². The van der Waals surface area contributed by atoms with Gasteiger partial charge in [0.2, 0.25) is 0 Å². The molecule has 0 saturated heterocycles. The molecular formula is C16H36O4Si. The van der Waals surface area contributed by atoms with Crippen molar-refractivity contribution in [2.45, 2.75) is 105 Å². The summed E-state index contributed by atoms with van der Waals surface area (Å²) in [6.07, 6.45) is 3.89. The molecule has 0 radical (unpaired) electrons. The monoisotopic (exact) mass is 320 g/mol. The molecule has 0 saturated carbocycles. The highest BCUT2D eigenvalue weighted by molar-refractivity contribution is 6.53. The third-order valence-corrected chi connectivity index (χ3v) is 6.45. The Balaban J connectivity index is 5.23. The maximum atomic E-state index is 6.18. The highest BCUT2D eigenvalue weighted by Gasteiger charge is 2.50. The lowest BCUT2D eigenvalue weighted by atomic mass is 10.3. The van der Waals surface area contributed by atoms with E-state index in [2.05, 4.69) is 27.7 Å². The molecule has 0 fully saturated rings. The Labute approximate surface area is 133 Å². The van der Waals surface area contributed by atoms with Crippen molar-refractivity contribution in [2.75, 3.05) is 0 Å². The molecule has 0 bridgehead atoms. The van der Waals surface area contributed by atoms with E-state index in [1.54, 1.807) is 0 Å². The van der Waals surface area contributed by atoms with Gasteiger partial charge in [-0.2, -0.15) is 0 Å². The third kappa shape index (κ3) is 8.31. The molecule has 5 heteroatoms. The first-order chi connectivity index (χ1) is 9.82. The van der Waals surface area contributed by atoms with E-state index < -0.39 is 9.05 Å². The quantitative estimate of drug-likeness (QED) is 0.489. The van der Waals surface area contributed by atoms with Crippen LogP contribution >= 0.6 is 0 Å². The van der Waals surface area contributed by atoms with Gasteiger partial charge in [-0.05, 0) is 53.4 Å². The summed E-state index contributed by atoms with van der Waals surface area (Å²) in [4.78, 5) is 0. The molecule has 0 aliphatic heterocycles. The van der Waals surface area contributed by atoms with Gasteiger partial charge in [-0.3, -0.25) is 0 Å². The Bertz CT molecular complexity index is 209. The first-order valence-corrected chi connectivity index (χ1v) is 10.2. The van der Waals surface area contributed by atoms with Crippen LogP contribution in [0.4, 0.5) is 0 Å². The minimum Gasteiger partial charge on any atom is -0.348 e. The standard InChI is InChI=1S/C16H36O4Si/c1-9-13(5)17-21(18-14(6)10-2,19-15(7)11-3)20-16(8)12-4/h13-16H,9-12H2,1-8H3. The van der Waals surface area contributed by atoms with Gasteiger partial charge in [0.25, 0.3) is 0 Å². The highest BCUT2D eigenvalue weighted by Crippen LogP contribution is 2.24. The second kappa shape index (κ2) is 10.7. The van der Waals surface area contributed by atoms with Crippen LogP contribution in [0.25, 0.3) is 0 Å². The lowest BCUT2D eigenvalue weighted by Gasteiger charge is -2.36. The summed E-state index contributed by atoms with van der Waals surface area (Å²) < 4.78 is 24.7. The average Bonchev–Trinajstić information content (AvgIpc) is 2.46. The van der Waals surface area contributed by atoms with E-state index in [9.17, 15) is 0 Å². The summed E-state index contributed by atoms with van der Waals surface area (Å²) in [6, 6.07) is 0. The first-order valence-electron chi connectivity index (χ1n) is 8.53. The van der Waals surface area contributed by atoms with Crippen molar-refractivity contribution in [3.8, 4) is 0 Å². The van der Waals surface area contributed by atoms with Gasteiger partial charge in [0.05, 0.1) is 0 Å². The minimum absolute atomic E-state index is 0.0637. The molecule has 0 aliphatic carbocycles. The Hall–Kier alpha value is 0.0569. The summed E-state index contributed by atoms with van der Waals surface area (Å²) in [7, 11) is -3.13. The Morgan fingerprint density at radius 3 is 0.857 bits per heavy atom. The maximum absolute atomic E-state index is 6.18. The van der Waals surface area contributed by atoms with Crippen LogP contribution in [0.2, 0.25) is 0 Å². The van der Waals surface area contributed by atoms with E-state index in [1.807, 2.05) is 27.7 Å². The molecule has 0 amide bonds. The minimum atomic E-state index is -3.13. The summed E-state index contributed by atoms with van der Waals surface area (Å²) in [6.45, 7) is 16.6. The van der Waals surface area contributed by atoms with Crippen LogP contribution in [-0.4, -0.2) is 33.5 Å². The molecule has 21 heavy (non-hydrogen) atoms. The average molecular weight is 321 g/mol. The van der Waals surface area contributed by atoms with E-state index in [0.717, 1.165) is 25.7 Å². The molecule has 4 nitrogen and oxygen atoms in total. The lowest BCUT2D eigenvalue weighted by molar-refractivity contribution is -0.0974. The van der Waals surface area contributed by atoms with Gasteiger partial charge in [0.1, 0.15) is 0 Å². The predicted molar refractivity (Wildman–Crippen MR) is 89.1 cm³/mol. The van der Waals surface area contributed by atoms with Gasteiger partial charge in [0, 0.05) is 24.4 Å². The van der Waals surface area contributed by atoms with Crippen molar-refractivity contribution in [3.05, 3.63) is 0 Å².